The number of nitrogens with zero attached hydrogens (tertiary/aromatic N) is 1. The van der Waals surface area contributed by atoms with Gasteiger partial charge in [-0.3, -0.25) is 0 Å². The average Bonchev–Trinajstić information content (AvgIpc) is 2.42. The molecule has 1 rings (SSSR count). The second kappa shape index (κ2) is 6.76. The van der Waals surface area contributed by atoms with Crippen molar-refractivity contribution in [2.24, 2.45) is 10.9 Å². The highest BCUT2D eigenvalue weighted by atomic mass is 32.2. The number of amidine groups is 1. The summed E-state index contributed by atoms with van der Waals surface area (Å²) >= 11 is 0. The van der Waals surface area contributed by atoms with Crippen LogP contribution in [0.1, 0.15) is 5.56 Å². The number of sulfone groups is 1. The quantitative estimate of drug-likeness (QED) is 0.268. The molecule has 0 saturated carbocycles. The molecule has 0 aliphatic rings. The van der Waals surface area contributed by atoms with E-state index in [1.165, 1.54) is 24.3 Å². The Kier molecular flexibility index (Phi) is 5.55. The summed E-state index contributed by atoms with van der Waals surface area (Å²) in [4.78, 5) is -0.0902. The highest BCUT2D eigenvalue weighted by molar-refractivity contribution is 7.91. The van der Waals surface area contributed by atoms with Gasteiger partial charge in [0.25, 0.3) is 0 Å². The minimum Gasteiger partial charge on any atom is -0.409 e. The van der Waals surface area contributed by atoms with Crippen LogP contribution in [-0.4, -0.2) is 44.6 Å². The summed E-state index contributed by atoms with van der Waals surface area (Å²) in [6.45, 7) is -2.06. The number of halogens is 3. The fraction of sp³-hybridized carbons (Fsp3) is 0.364. The van der Waals surface area contributed by atoms with Gasteiger partial charge in [-0.05, 0) is 24.3 Å². The maximum absolute atomic E-state index is 11.8. The van der Waals surface area contributed by atoms with Crippen molar-refractivity contribution in [3.05, 3.63) is 29.8 Å². The first-order chi connectivity index (χ1) is 9.65. The molecule has 0 bridgehead atoms. The molecule has 0 heterocycles. The minimum absolute atomic E-state index is 0.0902. The molecule has 0 atom stereocenters. The molecule has 1 aromatic rings. The van der Waals surface area contributed by atoms with Crippen molar-refractivity contribution in [1.29, 1.82) is 0 Å². The summed E-state index contributed by atoms with van der Waals surface area (Å²) in [6, 6.07) is 5.07. The van der Waals surface area contributed by atoms with Crippen LogP contribution in [0.2, 0.25) is 0 Å². The maximum Gasteiger partial charge on any atom is 0.411 e. The first-order valence-corrected chi connectivity index (χ1v) is 7.26. The van der Waals surface area contributed by atoms with Crippen molar-refractivity contribution in [3.8, 4) is 0 Å². The molecular weight excluding hydrogens is 313 g/mol. The largest absolute Gasteiger partial charge is 0.411 e. The molecule has 0 aliphatic carbocycles. The molecule has 0 unspecified atom stereocenters. The summed E-state index contributed by atoms with van der Waals surface area (Å²) in [6.07, 6.45) is -4.49. The van der Waals surface area contributed by atoms with Gasteiger partial charge >= 0.3 is 6.18 Å². The molecule has 6 nitrogen and oxygen atoms in total. The van der Waals surface area contributed by atoms with E-state index in [1.54, 1.807) is 0 Å². The van der Waals surface area contributed by atoms with Gasteiger partial charge in [0.1, 0.15) is 6.61 Å². The maximum atomic E-state index is 11.8. The van der Waals surface area contributed by atoms with Crippen molar-refractivity contribution in [1.82, 2.24) is 0 Å². The second-order valence-corrected chi connectivity index (χ2v) is 6.11. The van der Waals surface area contributed by atoms with Gasteiger partial charge in [-0.1, -0.05) is 5.16 Å². The number of benzene rings is 1. The lowest BCUT2D eigenvalue weighted by Crippen LogP contribution is -2.20. The van der Waals surface area contributed by atoms with Crippen LogP contribution < -0.4 is 5.73 Å². The van der Waals surface area contributed by atoms with Gasteiger partial charge in [0.2, 0.25) is 0 Å². The fourth-order valence-electron chi connectivity index (χ4n) is 1.37. The van der Waals surface area contributed by atoms with E-state index in [0.717, 1.165) is 0 Å². The molecule has 21 heavy (non-hydrogen) atoms. The lowest BCUT2D eigenvalue weighted by atomic mass is 10.2. The summed E-state index contributed by atoms with van der Waals surface area (Å²) in [5.41, 5.74) is 5.63. The predicted octanol–water partition coefficient (Wildman–Crippen LogP) is 1.13. The lowest BCUT2D eigenvalue weighted by Gasteiger charge is -2.08. The SMILES string of the molecule is N/C(=N/O)c1ccc(S(=O)(=O)CCOCC(F)(F)F)cc1. The van der Waals surface area contributed by atoms with Gasteiger partial charge in [-0.25, -0.2) is 8.42 Å². The Morgan fingerprint density at radius 1 is 1.29 bits per heavy atom. The van der Waals surface area contributed by atoms with E-state index in [2.05, 4.69) is 9.89 Å². The van der Waals surface area contributed by atoms with E-state index >= 15 is 0 Å². The topological polar surface area (TPSA) is 102 Å². The van der Waals surface area contributed by atoms with Crippen LogP contribution in [0, 0.1) is 0 Å². The second-order valence-electron chi connectivity index (χ2n) is 4.00. The molecule has 10 heteroatoms. The number of ether oxygens (including phenoxy) is 1. The minimum atomic E-state index is -4.49. The van der Waals surface area contributed by atoms with E-state index in [1.807, 2.05) is 0 Å². The van der Waals surface area contributed by atoms with Gasteiger partial charge in [-0.15, -0.1) is 0 Å². The number of hydrogen-bond donors (Lipinski definition) is 2. The number of oxime groups is 1. The molecule has 0 aromatic heterocycles. The van der Waals surface area contributed by atoms with Gasteiger partial charge in [0, 0.05) is 5.56 Å². The van der Waals surface area contributed by atoms with Gasteiger partial charge in [0.05, 0.1) is 17.3 Å². The van der Waals surface area contributed by atoms with Gasteiger partial charge in [0.15, 0.2) is 15.7 Å². The first-order valence-electron chi connectivity index (χ1n) is 5.61. The summed E-state index contributed by atoms with van der Waals surface area (Å²) < 4.78 is 63.4. The Morgan fingerprint density at radius 3 is 2.33 bits per heavy atom. The van der Waals surface area contributed by atoms with Crippen molar-refractivity contribution < 1.29 is 31.5 Å². The molecular formula is C11H13F3N2O4S. The van der Waals surface area contributed by atoms with E-state index < -0.39 is 35.0 Å². The Labute approximate surface area is 118 Å². The van der Waals surface area contributed by atoms with Crippen LogP contribution in [0.4, 0.5) is 13.2 Å². The number of alkyl halides is 3. The summed E-state index contributed by atoms with van der Waals surface area (Å²) in [5.74, 6) is -0.765. The molecule has 0 radical (unpaired) electrons. The van der Waals surface area contributed by atoms with Crippen LogP contribution in [0.3, 0.4) is 0 Å². The highest BCUT2D eigenvalue weighted by Crippen LogP contribution is 2.15. The van der Waals surface area contributed by atoms with Crippen LogP contribution in [0.25, 0.3) is 0 Å². The summed E-state index contributed by atoms with van der Waals surface area (Å²) in [7, 11) is -3.76. The Bertz CT molecular complexity index is 597. The van der Waals surface area contributed by atoms with Crippen molar-refractivity contribution >= 4 is 15.7 Å². The molecule has 3 N–H and O–H groups in total. The van der Waals surface area contributed by atoms with Crippen molar-refractivity contribution in [2.75, 3.05) is 19.0 Å². The lowest BCUT2D eigenvalue weighted by molar-refractivity contribution is -0.172. The van der Waals surface area contributed by atoms with E-state index in [0.29, 0.717) is 5.56 Å². The molecule has 0 spiro atoms. The van der Waals surface area contributed by atoms with Crippen LogP contribution >= 0.6 is 0 Å². The van der Waals surface area contributed by atoms with Gasteiger partial charge in [-0.2, -0.15) is 13.2 Å². The third-order valence-corrected chi connectivity index (χ3v) is 4.07. The number of hydrogen-bond acceptors (Lipinski definition) is 5. The van der Waals surface area contributed by atoms with Crippen molar-refractivity contribution in [3.63, 3.8) is 0 Å². The third-order valence-electron chi connectivity index (χ3n) is 2.38. The Hall–Kier alpha value is -1.81. The molecule has 0 fully saturated rings. The zero-order chi connectivity index (χ0) is 16.1. The van der Waals surface area contributed by atoms with E-state index in [4.69, 9.17) is 10.9 Å². The Morgan fingerprint density at radius 2 is 1.86 bits per heavy atom. The molecule has 0 saturated heterocycles. The highest BCUT2D eigenvalue weighted by Gasteiger charge is 2.27. The zero-order valence-corrected chi connectivity index (χ0v) is 11.5. The van der Waals surface area contributed by atoms with Gasteiger partial charge < -0.3 is 15.7 Å². The van der Waals surface area contributed by atoms with E-state index in [-0.39, 0.29) is 10.7 Å². The fourth-order valence-corrected chi connectivity index (χ4v) is 2.49. The van der Waals surface area contributed by atoms with Crippen LogP contribution in [0.5, 0.6) is 0 Å². The Balaban J connectivity index is 2.66. The third kappa shape index (κ3) is 5.60. The monoisotopic (exact) mass is 326 g/mol. The first kappa shape index (κ1) is 17.2. The smallest absolute Gasteiger partial charge is 0.409 e. The standard InChI is InChI=1S/C11H13F3N2O4S/c12-11(13,14)7-20-5-6-21(18,19)9-3-1-8(2-4-9)10(15)16-17/h1-4,17H,5-7H2,(H2,15,16). The van der Waals surface area contributed by atoms with Crippen molar-refractivity contribution in [2.45, 2.75) is 11.1 Å². The normalized spacial score (nSPS) is 13.4. The average molecular weight is 326 g/mol. The number of nitrogens with two attached hydrogens (primary N) is 1. The van der Waals surface area contributed by atoms with Crippen LogP contribution in [0.15, 0.2) is 34.3 Å². The molecule has 0 amide bonds. The summed E-state index contributed by atoms with van der Waals surface area (Å²) in [5, 5.41) is 11.2. The molecule has 0 aliphatic heterocycles. The molecule has 1 aromatic carbocycles. The predicted molar refractivity (Wildman–Crippen MR) is 67.9 cm³/mol. The van der Waals surface area contributed by atoms with Crippen LogP contribution in [-0.2, 0) is 14.6 Å². The van der Waals surface area contributed by atoms with E-state index in [9.17, 15) is 21.6 Å². The molecule has 118 valence electrons. The zero-order valence-electron chi connectivity index (χ0n) is 10.7. The number of rotatable bonds is 6.